The van der Waals surface area contributed by atoms with E-state index in [9.17, 15) is 0 Å². The van der Waals surface area contributed by atoms with Crippen molar-refractivity contribution in [2.24, 2.45) is 10.7 Å². The van der Waals surface area contributed by atoms with Crippen molar-refractivity contribution in [2.45, 2.75) is 13.0 Å². The van der Waals surface area contributed by atoms with E-state index >= 15 is 0 Å². The van der Waals surface area contributed by atoms with E-state index < -0.39 is 0 Å². The molecule has 2 rings (SSSR count). The van der Waals surface area contributed by atoms with Crippen LogP contribution in [0.3, 0.4) is 0 Å². The second-order valence-electron chi connectivity index (χ2n) is 4.07. The van der Waals surface area contributed by atoms with Gasteiger partial charge in [0.1, 0.15) is 0 Å². The molecule has 1 aromatic carbocycles. The van der Waals surface area contributed by atoms with Gasteiger partial charge in [-0.15, -0.1) is 6.58 Å². The largest absolute Gasteiger partial charge is 0.370 e. The third-order valence-electron chi connectivity index (χ3n) is 2.88. The number of hydrogen-bond acceptors (Lipinski definition) is 3. The van der Waals surface area contributed by atoms with Crippen LogP contribution in [0.1, 0.15) is 17.2 Å². The van der Waals surface area contributed by atoms with Crippen molar-refractivity contribution in [1.82, 2.24) is 4.90 Å². The third kappa shape index (κ3) is 1.94. The van der Waals surface area contributed by atoms with Gasteiger partial charge in [0.05, 0.1) is 12.6 Å². The summed E-state index contributed by atoms with van der Waals surface area (Å²) >= 11 is 0. The zero-order valence-corrected chi connectivity index (χ0v) is 9.56. The first-order valence-electron chi connectivity index (χ1n) is 5.46. The highest BCUT2D eigenvalue weighted by Crippen LogP contribution is 2.25. The molecule has 0 radical (unpaired) electrons. The highest BCUT2D eigenvalue weighted by atomic mass is 15.3. The van der Waals surface area contributed by atoms with Crippen LogP contribution in [0.15, 0.2) is 41.9 Å². The highest BCUT2D eigenvalue weighted by Gasteiger charge is 2.25. The first-order chi connectivity index (χ1) is 7.72. The van der Waals surface area contributed by atoms with Crippen molar-refractivity contribution in [3.8, 4) is 0 Å². The second kappa shape index (κ2) is 4.39. The zero-order chi connectivity index (χ0) is 11.5. The summed E-state index contributed by atoms with van der Waals surface area (Å²) in [5.74, 6) is 0.616. The van der Waals surface area contributed by atoms with Crippen molar-refractivity contribution < 1.29 is 0 Å². The molecule has 1 unspecified atom stereocenters. The number of rotatable bonds is 3. The molecule has 2 N–H and O–H groups in total. The topological polar surface area (TPSA) is 41.6 Å². The molecule has 0 saturated carbocycles. The molecule has 0 fully saturated rings. The molecule has 0 aliphatic carbocycles. The number of benzene rings is 1. The maximum absolute atomic E-state index is 5.85. The smallest absolute Gasteiger partial charge is 0.192 e. The fourth-order valence-corrected chi connectivity index (χ4v) is 1.96. The molecule has 1 aliphatic rings. The maximum atomic E-state index is 5.85. The molecule has 84 valence electrons. The van der Waals surface area contributed by atoms with Crippen LogP contribution in [0.25, 0.3) is 0 Å². The molecule has 0 amide bonds. The van der Waals surface area contributed by atoms with Gasteiger partial charge in [-0.2, -0.15) is 0 Å². The van der Waals surface area contributed by atoms with Crippen LogP contribution in [0.2, 0.25) is 0 Å². The molecular weight excluding hydrogens is 198 g/mol. The molecular formula is C13H17N3. The Hall–Kier alpha value is -1.77. The Morgan fingerprint density at radius 1 is 1.50 bits per heavy atom. The Labute approximate surface area is 96.3 Å². The molecule has 16 heavy (non-hydrogen) atoms. The molecule has 3 nitrogen and oxygen atoms in total. The molecule has 1 heterocycles. The van der Waals surface area contributed by atoms with Gasteiger partial charge in [-0.25, -0.2) is 0 Å². The van der Waals surface area contributed by atoms with E-state index in [1.807, 2.05) is 6.08 Å². The van der Waals surface area contributed by atoms with E-state index in [1.165, 1.54) is 11.1 Å². The van der Waals surface area contributed by atoms with Crippen LogP contribution in [-0.4, -0.2) is 23.9 Å². The Morgan fingerprint density at radius 3 is 2.81 bits per heavy atom. The van der Waals surface area contributed by atoms with Gasteiger partial charge >= 0.3 is 0 Å². The minimum atomic E-state index is 0.263. The van der Waals surface area contributed by atoms with Crippen LogP contribution < -0.4 is 5.73 Å². The summed E-state index contributed by atoms with van der Waals surface area (Å²) in [6, 6.07) is 8.79. The van der Waals surface area contributed by atoms with Crippen molar-refractivity contribution in [1.29, 1.82) is 0 Å². The first kappa shape index (κ1) is 10.7. The van der Waals surface area contributed by atoms with Crippen molar-refractivity contribution in [3.05, 3.63) is 48.0 Å². The lowest BCUT2D eigenvalue weighted by atomic mass is 10.0. The molecule has 1 aromatic rings. The summed E-state index contributed by atoms with van der Waals surface area (Å²) in [5.41, 5.74) is 8.38. The standard InChI is InChI=1S/C13H17N3/c1-3-8-16-12(9-15-13(16)14)11-6-4-10(2)5-7-11/h3-7,12H,1,8-9H2,2H3,(H2,14,15). The van der Waals surface area contributed by atoms with E-state index in [2.05, 4.69) is 47.7 Å². The summed E-state index contributed by atoms with van der Waals surface area (Å²) in [6.07, 6.45) is 1.86. The summed E-state index contributed by atoms with van der Waals surface area (Å²) in [6.45, 7) is 7.32. The molecule has 1 atom stereocenters. The predicted molar refractivity (Wildman–Crippen MR) is 67.3 cm³/mol. The van der Waals surface area contributed by atoms with Gasteiger partial charge in [-0.1, -0.05) is 35.9 Å². The minimum Gasteiger partial charge on any atom is -0.370 e. The van der Waals surface area contributed by atoms with Crippen molar-refractivity contribution in [2.75, 3.05) is 13.1 Å². The number of guanidine groups is 1. The van der Waals surface area contributed by atoms with E-state index in [0.717, 1.165) is 13.1 Å². The van der Waals surface area contributed by atoms with Gasteiger partial charge < -0.3 is 10.6 Å². The number of hydrogen-bond donors (Lipinski definition) is 1. The predicted octanol–water partition coefficient (Wildman–Crippen LogP) is 1.85. The zero-order valence-electron chi connectivity index (χ0n) is 9.56. The quantitative estimate of drug-likeness (QED) is 0.782. The fourth-order valence-electron chi connectivity index (χ4n) is 1.96. The molecule has 0 spiro atoms. The third-order valence-corrected chi connectivity index (χ3v) is 2.88. The lowest BCUT2D eigenvalue weighted by Gasteiger charge is -2.25. The first-order valence-corrected chi connectivity index (χ1v) is 5.46. The van der Waals surface area contributed by atoms with E-state index in [1.54, 1.807) is 0 Å². The Balaban J connectivity index is 2.21. The van der Waals surface area contributed by atoms with Crippen LogP contribution in [-0.2, 0) is 0 Å². The van der Waals surface area contributed by atoms with Crippen LogP contribution in [0.5, 0.6) is 0 Å². The van der Waals surface area contributed by atoms with Crippen LogP contribution in [0, 0.1) is 6.92 Å². The van der Waals surface area contributed by atoms with Gasteiger partial charge in [0.2, 0.25) is 0 Å². The number of nitrogens with two attached hydrogens (primary N) is 1. The normalized spacial score (nSPS) is 19.7. The average molecular weight is 215 g/mol. The number of nitrogens with zero attached hydrogens (tertiary/aromatic N) is 2. The summed E-state index contributed by atoms with van der Waals surface area (Å²) in [7, 11) is 0. The van der Waals surface area contributed by atoms with Crippen LogP contribution >= 0.6 is 0 Å². The van der Waals surface area contributed by atoms with Gasteiger partial charge in [0.15, 0.2) is 5.96 Å². The van der Waals surface area contributed by atoms with Gasteiger partial charge in [-0.3, -0.25) is 4.99 Å². The maximum Gasteiger partial charge on any atom is 0.192 e. The monoisotopic (exact) mass is 215 g/mol. The number of aryl methyl sites for hydroxylation is 1. The van der Waals surface area contributed by atoms with E-state index in [4.69, 9.17) is 5.73 Å². The van der Waals surface area contributed by atoms with Crippen LogP contribution in [0.4, 0.5) is 0 Å². The summed E-state index contributed by atoms with van der Waals surface area (Å²) < 4.78 is 0. The van der Waals surface area contributed by atoms with Gasteiger partial charge in [0, 0.05) is 6.54 Å². The Bertz CT molecular complexity index is 406. The van der Waals surface area contributed by atoms with Gasteiger partial charge in [0.25, 0.3) is 0 Å². The minimum absolute atomic E-state index is 0.263. The Morgan fingerprint density at radius 2 is 2.19 bits per heavy atom. The lowest BCUT2D eigenvalue weighted by Crippen LogP contribution is -2.36. The SMILES string of the molecule is C=CCN1C(N)=NCC1c1ccc(C)cc1. The summed E-state index contributed by atoms with van der Waals surface area (Å²) in [4.78, 5) is 6.37. The fraction of sp³-hybridized carbons (Fsp3) is 0.308. The molecule has 0 aromatic heterocycles. The lowest BCUT2D eigenvalue weighted by molar-refractivity contribution is 0.380. The molecule has 0 bridgehead atoms. The second-order valence-corrected chi connectivity index (χ2v) is 4.07. The summed E-state index contributed by atoms with van der Waals surface area (Å²) in [5, 5.41) is 0. The van der Waals surface area contributed by atoms with E-state index in [-0.39, 0.29) is 6.04 Å². The van der Waals surface area contributed by atoms with Crippen molar-refractivity contribution >= 4 is 5.96 Å². The molecule has 3 heteroatoms. The highest BCUT2D eigenvalue weighted by molar-refractivity contribution is 5.80. The Kier molecular flexibility index (Phi) is 2.95. The molecule has 0 saturated heterocycles. The van der Waals surface area contributed by atoms with Gasteiger partial charge in [-0.05, 0) is 12.5 Å². The van der Waals surface area contributed by atoms with E-state index in [0.29, 0.717) is 5.96 Å². The van der Waals surface area contributed by atoms with Crippen molar-refractivity contribution in [3.63, 3.8) is 0 Å². The molecule has 1 aliphatic heterocycles. The number of aliphatic imine (C=N–C) groups is 1. The average Bonchev–Trinajstić information content (AvgIpc) is 2.63.